The first-order chi connectivity index (χ1) is 8.50. The van der Waals surface area contributed by atoms with E-state index in [0.29, 0.717) is 10.2 Å². The molecule has 1 atom stereocenters. The maximum absolute atomic E-state index is 13.7. The molecule has 1 unspecified atom stereocenters. The number of hydrogen-bond donors (Lipinski definition) is 1. The lowest BCUT2D eigenvalue weighted by Crippen LogP contribution is -2.06. The Kier molecular flexibility index (Phi) is 4.19. The first-order valence-electron chi connectivity index (χ1n) is 5.04. The molecule has 2 nitrogen and oxygen atoms in total. The van der Waals surface area contributed by atoms with Gasteiger partial charge in [-0.1, -0.05) is 0 Å². The second kappa shape index (κ2) is 5.50. The highest BCUT2D eigenvalue weighted by atomic mass is 79.9. The summed E-state index contributed by atoms with van der Waals surface area (Å²) in [6, 6.07) is 3.98. The summed E-state index contributed by atoms with van der Waals surface area (Å²) in [5, 5.41) is 9.94. The van der Waals surface area contributed by atoms with E-state index in [-0.39, 0.29) is 16.5 Å². The van der Waals surface area contributed by atoms with Gasteiger partial charge in [0.05, 0.1) is 16.8 Å². The molecule has 0 aliphatic heterocycles. The van der Waals surface area contributed by atoms with Crippen LogP contribution >= 0.6 is 31.9 Å². The third-order valence-electron chi connectivity index (χ3n) is 2.54. The third kappa shape index (κ3) is 2.65. The second-order valence-corrected chi connectivity index (χ2v) is 5.27. The van der Waals surface area contributed by atoms with Gasteiger partial charge in [0.25, 0.3) is 0 Å². The number of hydrogen-bond acceptors (Lipinski definition) is 2. The van der Waals surface area contributed by atoms with Crippen LogP contribution in [0.4, 0.5) is 8.78 Å². The van der Waals surface area contributed by atoms with Crippen LogP contribution in [0.15, 0.2) is 38.0 Å². The Bertz CT molecular complexity index is 569. The van der Waals surface area contributed by atoms with Crippen LogP contribution in [-0.2, 0) is 6.42 Å². The molecule has 1 aromatic heterocycles. The summed E-state index contributed by atoms with van der Waals surface area (Å²) in [6.07, 6.45) is 0.169. The fourth-order valence-electron chi connectivity index (χ4n) is 1.60. The molecular weight excluding hydrogens is 374 g/mol. The van der Waals surface area contributed by atoms with E-state index in [4.69, 9.17) is 4.42 Å². The quantitative estimate of drug-likeness (QED) is 0.801. The standard InChI is InChI=1S/C12H8Br2F2O2/c13-8-1-2-9(15)7(11(8)16)5-10(17)6-3-4-18-12(6)14/h1-4,10,17H,5H2. The van der Waals surface area contributed by atoms with Crippen LogP contribution in [0.25, 0.3) is 0 Å². The number of aliphatic hydroxyl groups is 1. The van der Waals surface area contributed by atoms with Crippen LogP contribution in [0, 0.1) is 11.6 Å². The Morgan fingerprint density at radius 3 is 2.56 bits per heavy atom. The second-order valence-electron chi connectivity index (χ2n) is 3.69. The van der Waals surface area contributed by atoms with Crippen molar-refractivity contribution >= 4 is 31.9 Å². The topological polar surface area (TPSA) is 33.4 Å². The van der Waals surface area contributed by atoms with Crippen molar-refractivity contribution in [1.82, 2.24) is 0 Å². The molecule has 0 spiro atoms. The Morgan fingerprint density at radius 2 is 1.94 bits per heavy atom. The zero-order valence-corrected chi connectivity index (χ0v) is 12.1. The van der Waals surface area contributed by atoms with Gasteiger partial charge in [-0.3, -0.25) is 0 Å². The zero-order chi connectivity index (χ0) is 13.3. The molecule has 1 aromatic carbocycles. The van der Waals surface area contributed by atoms with Crippen LogP contribution < -0.4 is 0 Å². The molecule has 2 rings (SSSR count). The highest BCUT2D eigenvalue weighted by Crippen LogP contribution is 2.30. The van der Waals surface area contributed by atoms with Gasteiger partial charge in [-0.2, -0.15) is 0 Å². The molecule has 0 saturated carbocycles. The van der Waals surface area contributed by atoms with Gasteiger partial charge in [-0.25, -0.2) is 8.78 Å². The molecule has 0 saturated heterocycles. The number of aliphatic hydroxyl groups excluding tert-OH is 1. The molecule has 0 aliphatic carbocycles. The number of furan rings is 1. The summed E-state index contributed by atoms with van der Waals surface area (Å²) in [5.74, 6) is -1.39. The largest absolute Gasteiger partial charge is 0.457 e. The van der Waals surface area contributed by atoms with Gasteiger partial charge in [-0.05, 0) is 50.1 Å². The minimum absolute atomic E-state index is 0.162. The molecule has 0 fully saturated rings. The van der Waals surface area contributed by atoms with Crippen LogP contribution in [0.3, 0.4) is 0 Å². The van der Waals surface area contributed by atoms with Crippen molar-refractivity contribution in [3.63, 3.8) is 0 Å². The van der Waals surface area contributed by atoms with E-state index >= 15 is 0 Å². The van der Waals surface area contributed by atoms with E-state index < -0.39 is 17.7 Å². The fourth-order valence-corrected chi connectivity index (χ4v) is 2.48. The average molecular weight is 382 g/mol. The molecule has 96 valence electrons. The summed E-state index contributed by atoms with van der Waals surface area (Å²) in [5.41, 5.74) is 0.291. The van der Waals surface area contributed by atoms with Crippen molar-refractivity contribution in [3.05, 3.63) is 56.4 Å². The Labute approximate surface area is 119 Å². The molecule has 0 amide bonds. The van der Waals surface area contributed by atoms with Gasteiger partial charge in [-0.15, -0.1) is 0 Å². The number of halogens is 4. The van der Waals surface area contributed by atoms with Crippen LogP contribution in [-0.4, -0.2) is 5.11 Å². The van der Waals surface area contributed by atoms with Gasteiger partial charge >= 0.3 is 0 Å². The zero-order valence-electron chi connectivity index (χ0n) is 8.96. The Balaban J connectivity index is 2.30. The third-order valence-corrected chi connectivity index (χ3v) is 3.80. The molecule has 0 radical (unpaired) electrons. The van der Waals surface area contributed by atoms with Crippen molar-refractivity contribution in [2.75, 3.05) is 0 Å². The fraction of sp³-hybridized carbons (Fsp3) is 0.167. The molecule has 1 N–H and O–H groups in total. The van der Waals surface area contributed by atoms with Crippen molar-refractivity contribution in [3.8, 4) is 0 Å². The number of benzene rings is 1. The highest BCUT2D eigenvalue weighted by Gasteiger charge is 2.20. The predicted molar refractivity (Wildman–Crippen MR) is 69.1 cm³/mol. The first-order valence-corrected chi connectivity index (χ1v) is 6.62. The van der Waals surface area contributed by atoms with Crippen LogP contribution in [0.2, 0.25) is 0 Å². The average Bonchev–Trinajstić information content (AvgIpc) is 2.76. The smallest absolute Gasteiger partial charge is 0.174 e. The molecular formula is C12H8Br2F2O2. The molecule has 2 aromatic rings. The van der Waals surface area contributed by atoms with Crippen molar-refractivity contribution in [2.24, 2.45) is 0 Å². The molecule has 0 aliphatic rings. The van der Waals surface area contributed by atoms with Gasteiger partial charge in [0, 0.05) is 17.5 Å². The van der Waals surface area contributed by atoms with E-state index in [9.17, 15) is 13.9 Å². The monoisotopic (exact) mass is 380 g/mol. The number of rotatable bonds is 3. The van der Waals surface area contributed by atoms with E-state index in [0.717, 1.165) is 6.07 Å². The predicted octanol–water partition coefficient (Wildman–Crippen LogP) is 4.36. The normalized spacial score (nSPS) is 12.7. The lowest BCUT2D eigenvalue weighted by Gasteiger charge is -2.11. The first kappa shape index (κ1) is 13.7. The molecule has 6 heteroatoms. The van der Waals surface area contributed by atoms with E-state index in [2.05, 4.69) is 31.9 Å². The lowest BCUT2D eigenvalue weighted by atomic mass is 10.0. The minimum Gasteiger partial charge on any atom is -0.457 e. The summed E-state index contributed by atoms with van der Waals surface area (Å²) in [7, 11) is 0. The van der Waals surface area contributed by atoms with Crippen molar-refractivity contribution in [1.29, 1.82) is 0 Å². The summed E-state index contributed by atoms with van der Waals surface area (Å²) in [6.45, 7) is 0. The molecule has 0 bridgehead atoms. The van der Waals surface area contributed by atoms with E-state index in [1.807, 2.05) is 0 Å². The van der Waals surface area contributed by atoms with Gasteiger partial charge < -0.3 is 9.52 Å². The van der Waals surface area contributed by atoms with Crippen molar-refractivity contribution < 1.29 is 18.3 Å². The maximum Gasteiger partial charge on any atom is 0.174 e. The van der Waals surface area contributed by atoms with E-state index in [1.54, 1.807) is 6.07 Å². The van der Waals surface area contributed by atoms with Crippen LogP contribution in [0.1, 0.15) is 17.2 Å². The van der Waals surface area contributed by atoms with Gasteiger partial charge in [0.1, 0.15) is 11.6 Å². The van der Waals surface area contributed by atoms with Crippen LogP contribution in [0.5, 0.6) is 0 Å². The summed E-state index contributed by atoms with van der Waals surface area (Å²) < 4.78 is 32.7. The van der Waals surface area contributed by atoms with Gasteiger partial charge in [0.15, 0.2) is 4.67 Å². The minimum atomic E-state index is -1.04. The molecule has 1 heterocycles. The van der Waals surface area contributed by atoms with Crippen molar-refractivity contribution in [2.45, 2.75) is 12.5 Å². The molecule has 18 heavy (non-hydrogen) atoms. The highest BCUT2D eigenvalue weighted by molar-refractivity contribution is 9.10. The Morgan fingerprint density at radius 1 is 1.22 bits per heavy atom. The summed E-state index contributed by atoms with van der Waals surface area (Å²) >= 11 is 6.09. The van der Waals surface area contributed by atoms with E-state index in [1.165, 1.54) is 12.3 Å². The lowest BCUT2D eigenvalue weighted by molar-refractivity contribution is 0.173. The summed E-state index contributed by atoms with van der Waals surface area (Å²) in [4.78, 5) is 0. The SMILES string of the molecule is OC(Cc1c(F)ccc(Br)c1F)c1ccoc1Br. The Hall–Kier alpha value is -0.720. The van der Waals surface area contributed by atoms with Gasteiger partial charge in [0.2, 0.25) is 0 Å². The maximum atomic E-state index is 13.7.